The van der Waals surface area contributed by atoms with Crippen LogP contribution in [0.1, 0.15) is 69.7 Å². The van der Waals surface area contributed by atoms with Crippen molar-refractivity contribution in [3.63, 3.8) is 0 Å². The SMILES string of the molecule is CCCC(=O)O[C@H]1[C@@H](OC(=O)CCC)COC(Oc2ccccc2C(=O)O)[C@@H]1OC(=O)CCC. The van der Waals surface area contributed by atoms with Crippen molar-refractivity contribution < 1.29 is 48.0 Å². The van der Waals surface area contributed by atoms with Gasteiger partial charge in [0.05, 0.1) is 6.61 Å². The minimum atomic E-state index is -1.30. The monoisotopic (exact) mass is 480 g/mol. The van der Waals surface area contributed by atoms with Crippen molar-refractivity contribution in [2.24, 2.45) is 0 Å². The van der Waals surface area contributed by atoms with Crippen molar-refractivity contribution >= 4 is 23.9 Å². The van der Waals surface area contributed by atoms with Gasteiger partial charge in [0, 0.05) is 19.3 Å². The van der Waals surface area contributed by atoms with E-state index < -0.39 is 48.5 Å². The van der Waals surface area contributed by atoms with Crippen molar-refractivity contribution in [3.05, 3.63) is 29.8 Å². The van der Waals surface area contributed by atoms with Crippen molar-refractivity contribution in [3.8, 4) is 5.75 Å². The summed E-state index contributed by atoms with van der Waals surface area (Å²) in [4.78, 5) is 48.5. The molecule has 1 aliphatic rings. The predicted octanol–water partition coefficient (Wildman–Crippen LogP) is 3.26. The van der Waals surface area contributed by atoms with Gasteiger partial charge in [-0.2, -0.15) is 0 Å². The zero-order valence-electron chi connectivity index (χ0n) is 19.7. The molecule has 0 aliphatic carbocycles. The number of ether oxygens (including phenoxy) is 5. The molecule has 34 heavy (non-hydrogen) atoms. The van der Waals surface area contributed by atoms with E-state index >= 15 is 0 Å². The molecule has 1 fully saturated rings. The second-order valence-corrected chi connectivity index (χ2v) is 7.81. The van der Waals surface area contributed by atoms with Crippen molar-refractivity contribution in [1.29, 1.82) is 0 Å². The number of carbonyl (C=O) groups excluding carboxylic acids is 3. The summed E-state index contributed by atoms with van der Waals surface area (Å²) in [5, 5.41) is 9.47. The Kier molecular flexibility index (Phi) is 10.8. The Labute approximate surface area is 198 Å². The number of esters is 3. The Morgan fingerprint density at radius 3 is 1.94 bits per heavy atom. The van der Waals surface area contributed by atoms with E-state index in [4.69, 9.17) is 23.7 Å². The second-order valence-electron chi connectivity index (χ2n) is 7.81. The summed E-state index contributed by atoms with van der Waals surface area (Å²) >= 11 is 0. The van der Waals surface area contributed by atoms with Crippen LogP contribution in [0.2, 0.25) is 0 Å². The standard InChI is InChI=1S/C24H32O10/c1-4-9-18(25)31-17-14-30-24(32-16-13-8-7-12-15(16)23(28)29)22(34-20(27)11-6-3)21(17)33-19(26)10-5-2/h7-8,12-13,17,21-22,24H,4-6,9-11,14H2,1-3H3,(H,28,29)/t17-,21-,22+,24?/m0/s1. The maximum absolute atomic E-state index is 12.4. The zero-order valence-corrected chi connectivity index (χ0v) is 19.7. The molecular formula is C24H32O10. The number of aromatic carboxylic acids is 1. The highest BCUT2D eigenvalue weighted by Gasteiger charge is 2.49. The number of benzene rings is 1. The lowest BCUT2D eigenvalue weighted by atomic mass is 10.0. The van der Waals surface area contributed by atoms with Crippen molar-refractivity contribution in [2.45, 2.75) is 83.9 Å². The maximum atomic E-state index is 12.4. The fourth-order valence-corrected chi connectivity index (χ4v) is 3.35. The molecule has 10 nitrogen and oxygen atoms in total. The molecule has 188 valence electrons. The molecule has 0 aromatic heterocycles. The third kappa shape index (κ3) is 7.72. The van der Waals surface area contributed by atoms with E-state index in [-0.39, 0.29) is 37.2 Å². The Morgan fingerprint density at radius 1 is 0.853 bits per heavy atom. The van der Waals surface area contributed by atoms with Crippen LogP contribution >= 0.6 is 0 Å². The number of carbonyl (C=O) groups is 4. The van der Waals surface area contributed by atoms with Crippen molar-refractivity contribution in [1.82, 2.24) is 0 Å². The van der Waals surface area contributed by atoms with Crippen LogP contribution in [0.15, 0.2) is 24.3 Å². The van der Waals surface area contributed by atoms with E-state index in [0.29, 0.717) is 19.3 Å². The quantitative estimate of drug-likeness (QED) is 0.351. The summed E-state index contributed by atoms with van der Waals surface area (Å²) in [6.07, 6.45) is -2.90. The molecule has 1 aromatic rings. The van der Waals surface area contributed by atoms with Gasteiger partial charge in [0.15, 0.2) is 12.2 Å². The number of hydrogen-bond acceptors (Lipinski definition) is 9. The predicted molar refractivity (Wildman–Crippen MR) is 118 cm³/mol. The maximum Gasteiger partial charge on any atom is 0.339 e. The van der Waals surface area contributed by atoms with Gasteiger partial charge in [0.25, 0.3) is 0 Å². The highest BCUT2D eigenvalue weighted by molar-refractivity contribution is 5.90. The zero-order chi connectivity index (χ0) is 25.1. The molecular weight excluding hydrogens is 448 g/mol. The molecule has 0 saturated carbocycles. The Balaban J connectivity index is 2.39. The number of rotatable bonds is 12. The van der Waals surface area contributed by atoms with Crippen molar-refractivity contribution in [2.75, 3.05) is 6.61 Å². The molecule has 10 heteroatoms. The highest BCUT2D eigenvalue weighted by Crippen LogP contribution is 2.29. The average Bonchev–Trinajstić information content (AvgIpc) is 2.78. The minimum Gasteiger partial charge on any atom is -0.478 e. The lowest BCUT2D eigenvalue weighted by Crippen LogP contribution is -2.59. The molecule has 1 aromatic carbocycles. The average molecular weight is 481 g/mol. The van der Waals surface area contributed by atoms with Crippen LogP contribution in [-0.4, -0.2) is 60.2 Å². The van der Waals surface area contributed by atoms with E-state index in [1.165, 1.54) is 18.2 Å². The molecule has 4 atom stereocenters. The normalized spacial score (nSPS) is 21.9. The van der Waals surface area contributed by atoms with Gasteiger partial charge in [0.1, 0.15) is 11.3 Å². The molecule has 0 bridgehead atoms. The van der Waals surface area contributed by atoms with E-state index in [1.807, 2.05) is 6.92 Å². The third-order valence-corrected chi connectivity index (χ3v) is 4.92. The first-order valence-corrected chi connectivity index (χ1v) is 11.5. The summed E-state index contributed by atoms with van der Waals surface area (Å²) in [5.41, 5.74) is -0.124. The van der Waals surface area contributed by atoms with Crippen LogP contribution in [0.25, 0.3) is 0 Å². The lowest BCUT2D eigenvalue weighted by Gasteiger charge is -2.40. The molecule has 0 amide bonds. The summed E-state index contributed by atoms with van der Waals surface area (Å²) in [6.45, 7) is 5.21. The van der Waals surface area contributed by atoms with Crippen LogP contribution in [0.5, 0.6) is 5.75 Å². The Morgan fingerprint density at radius 2 is 1.38 bits per heavy atom. The molecule has 0 radical (unpaired) electrons. The second kappa shape index (κ2) is 13.5. The third-order valence-electron chi connectivity index (χ3n) is 4.92. The fourth-order valence-electron chi connectivity index (χ4n) is 3.35. The first kappa shape index (κ1) is 27.1. The van der Waals surface area contributed by atoms with Crippen LogP contribution < -0.4 is 4.74 Å². The highest BCUT2D eigenvalue weighted by atomic mass is 16.7. The number of para-hydroxylation sites is 1. The van der Waals surface area contributed by atoms with Crippen LogP contribution in [0, 0.1) is 0 Å². The van der Waals surface area contributed by atoms with Gasteiger partial charge in [-0.15, -0.1) is 0 Å². The van der Waals surface area contributed by atoms with Gasteiger partial charge < -0.3 is 28.8 Å². The van der Waals surface area contributed by atoms with Gasteiger partial charge in [-0.1, -0.05) is 32.9 Å². The van der Waals surface area contributed by atoms with Gasteiger partial charge in [-0.3, -0.25) is 14.4 Å². The Hall–Kier alpha value is -3.14. The topological polar surface area (TPSA) is 135 Å². The van der Waals surface area contributed by atoms with Gasteiger partial charge >= 0.3 is 23.9 Å². The van der Waals surface area contributed by atoms with E-state index in [1.54, 1.807) is 19.9 Å². The largest absolute Gasteiger partial charge is 0.478 e. The minimum absolute atomic E-state index is 0.0170. The Bertz CT molecular complexity index is 852. The molecule has 1 unspecified atom stereocenters. The van der Waals surface area contributed by atoms with Crippen LogP contribution in [-0.2, 0) is 33.3 Å². The van der Waals surface area contributed by atoms with E-state index in [0.717, 1.165) is 0 Å². The number of hydrogen-bond donors (Lipinski definition) is 1. The van der Waals surface area contributed by atoms with Gasteiger partial charge in [0.2, 0.25) is 12.4 Å². The lowest BCUT2D eigenvalue weighted by molar-refractivity contribution is -0.261. The molecule has 1 saturated heterocycles. The fraction of sp³-hybridized carbons (Fsp3) is 0.583. The first-order chi connectivity index (χ1) is 16.3. The number of carboxylic acid groups (broad SMARTS) is 1. The summed E-state index contributed by atoms with van der Waals surface area (Å²) in [6, 6.07) is 5.90. The first-order valence-electron chi connectivity index (χ1n) is 11.5. The van der Waals surface area contributed by atoms with Gasteiger partial charge in [-0.25, -0.2) is 4.79 Å². The molecule has 1 heterocycles. The van der Waals surface area contributed by atoms with E-state index in [9.17, 15) is 24.3 Å². The molecule has 1 N–H and O–H groups in total. The van der Waals surface area contributed by atoms with Crippen LogP contribution in [0.3, 0.4) is 0 Å². The summed E-state index contributed by atoms with van der Waals surface area (Å²) < 4.78 is 28.2. The smallest absolute Gasteiger partial charge is 0.339 e. The van der Waals surface area contributed by atoms with Crippen LogP contribution in [0.4, 0.5) is 0 Å². The van der Waals surface area contributed by atoms with E-state index in [2.05, 4.69) is 0 Å². The molecule has 1 aliphatic heterocycles. The molecule has 2 rings (SSSR count). The summed E-state index contributed by atoms with van der Waals surface area (Å²) in [5.74, 6) is -2.90. The van der Waals surface area contributed by atoms with Gasteiger partial charge in [-0.05, 0) is 31.4 Å². The summed E-state index contributed by atoms with van der Waals surface area (Å²) in [7, 11) is 0. The molecule has 0 spiro atoms. The number of carboxylic acids is 1.